The topological polar surface area (TPSA) is 62.7 Å². The van der Waals surface area contributed by atoms with Crippen LogP contribution in [0.4, 0.5) is 0 Å². The first-order chi connectivity index (χ1) is 13.1. The molecule has 1 aliphatic rings. The van der Waals surface area contributed by atoms with Gasteiger partial charge in [0, 0.05) is 5.56 Å². The second-order valence-corrected chi connectivity index (χ2v) is 7.54. The molecule has 5 nitrogen and oxygen atoms in total. The van der Waals surface area contributed by atoms with E-state index < -0.39 is 0 Å². The van der Waals surface area contributed by atoms with Crippen molar-refractivity contribution in [1.29, 1.82) is 0 Å². The second-order valence-electron chi connectivity index (χ2n) is 7.16. The van der Waals surface area contributed by atoms with Crippen molar-refractivity contribution in [2.24, 2.45) is 0 Å². The minimum atomic E-state index is -0.256. The van der Waals surface area contributed by atoms with E-state index in [-0.39, 0.29) is 18.0 Å². The fourth-order valence-corrected chi connectivity index (χ4v) is 3.89. The minimum Gasteiger partial charge on any atom is -0.345 e. The Balaban J connectivity index is 1.57. The van der Waals surface area contributed by atoms with E-state index in [9.17, 15) is 4.79 Å². The van der Waals surface area contributed by atoms with Crippen LogP contribution in [0.3, 0.4) is 0 Å². The largest absolute Gasteiger partial charge is 0.345 e. The average molecular weight is 379 g/mol. The van der Waals surface area contributed by atoms with Gasteiger partial charge in [-0.25, -0.2) is 0 Å². The van der Waals surface area contributed by atoms with Crippen LogP contribution < -0.4 is 5.32 Å². The summed E-state index contributed by atoms with van der Waals surface area (Å²) in [6.45, 7) is 2.18. The normalized spacial score (nSPS) is 15.1. The molecular weight excluding hydrogens is 356 g/mol. The highest BCUT2D eigenvalue weighted by Gasteiger charge is 2.39. The summed E-state index contributed by atoms with van der Waals surface area (Å²) in [7, 11) is 0. The monoisotopic (exact) mass is 378 g/mol. The number of aromatic amines is 1. The number of nitrogens with zero attached hydrogens (tertiary/aromatic N) is 2. The van der Waals surface area contributed by atoms with Crippen LogP contribution in [0.2, 0.25) is 0 Å². The summed E-state index contributed by atoms with van der Waals surface area (Å²) in [6.07, 6.45) is 3.05. The number of rotatable bonds is 5. The second kappa shape index (κ2) is 7.12. The van der Waals surface area contributed by atoms with Crippen molar-refractivity contribution in [3.8, 4) is 11.4 Å². The van der Waals surface area contributed by atoms with Gasteiger partial charge in [-0.2, -0.15) is 5.10 Å². The Morgan fingerprint density at radius 1 is 1.22 bits per heavy atom. The van der Waals surface area contributed by atoms with Gasteiger partial charge in [0.15, 0.2) is 10.6 Å². The molecule has 1 fully saturated rings. The number of aromatic nitrogens is 3. The van der Waals surface area contributed by atoms with Crippen molar-refractivity contribution >= 4 is 18.1 Å². The number of amides is 1. The summed E-state index contributed by atoms with van der Waals surface area (Å²) >= 11 is 5.37. The highest BCUT2D eigenvalue weighted by molar-refractivity contribution is 7.71. The van der Waals surface area contributed by atoms with Gasteiger partial charge in [-0.1, -0.05) is 54.1 Å². The van der Waals surface area contributed by atoms with Gasteiger partial charge in [-0.05, 0) is 50.0 Å². The lowest BCUT2D eigenvalue weighted by molar-refractivity contribution is -0.125. The van der Waals surface area contributed by atoms with E-state index in [1.807, 2.05) is 49.4 Å². The number of carbonyl (C=O) groups excluding carboxylic acids is 1. The van der Waals surface area contributed by atoms with Crippen LogP contribution in [0.5, 0.6) is 0 Å². The molecule has 1 aliphatic carbocycles. The Hall–Kier alpha value is -2.73. The van der Waals surface area contributed by atoms with Gasteiger partial charge < -0.3 is 5.32 Å². The molecule has 1 heterocycles. The Morgan fingerprint density at radius 2 is 2.00 bits per heavy atom. The lowest BCUT2D eigenvalue weighted by Gasteiger charge is -2.43. The SMILES string of the molecule is Cc1cccc(-c2n[nH]c(=S)n2CC(=O)NC2(c3ccccc3)CCC2)c1. The zero-order valence-electron chi connectivity index (χ0n) is 15.2. The summed E-state index contributed by atoms with van der Waals surface area (Å²) in [5.74, 6) is 0.631. The molecule has 1 saturated carbocycles. The molecular formula is C21H22N4OS. The standard InChI is InChI=1S/C21H22N4OS/c1-15-7-5-8-16(13-15)19-23-24-20(27)25(19)14-18(26)22-21(11-6-12-21)17-9-3-2-4-10-17/h2-5,7-10,13H,6,11-12,14H2,1H3,(H,22,26)(H,24,27). The van der Waals surface area contributed by atoms with Gasteiger partial charge in [0.2, 0.25) is 5.91 Å². The Morgan fingerprint density at radius 3 is 2.67 bits per heavy atom. The Labute approximate surface area is 163 Å². The molecule has 2 N–H and O–H groups in total. The van der Waals surface area contributed by atoms with Crippen molar-refractivity contribution in [3.05, 3.63) is 70.5 Å². The first-order valence-electron chi connectivity index (χ1n) is 9.16. The fourth-order valence-electron chi connectivity index (χ4n) is 3.69. The predicted molar refractivity (Wildman–Crippen MR) is 108 cm³/mol. The number of H-pyrrole nitrogens is 1. The third-order valence-electron chi connectivity index (χ3n) is 5.25. The highest BCUT2D eigenvalue weighted by Crippen LogP contribution is 2.41. The van der Waals surface area contributed by atoms with Crippen molar-refractivity contribution in [2.75, 3.05) is 0 Å². The van der Waals surface area contributed by atoms with Crippen LogP contribution in [0.25, 0.3) is 11.4 Å². The van der Waals surface area contributed by atoms with Gasteiger partial charge in [-0.15, -0.1) is 0 Å². The molecule has 1 amide bonds. The van der Waals surface area contributed by atoms with E-state index in [0.717, 1.165) is 30.4 Å². The van der Waals surface area contributed by atoms with Crippen LogP contribution in [0.1, 0.15) is 30.4 Å². The molecule has 138 valence electrons. The molecule has 0 unspecified atom stereocenters. The quantitative estimate of drug-likeness (QED) is 0.657. The number of hydrogen-bond acceptors (Lipinski definition) is 3. The molecule has 2 aromatic carbocycles. The zero-order chi connectivity index (χ0) is 18.9. The molecule has 4 rings (SSSR count). The number of nitrogens with one attached hydrogen (secondary N) is 2. The fraction of sp³-hybridized carbons (Fsp3) is 0.286. The van der Waals surface area contributed by atoms with Crippen molar-refractivity contribution < 1.29 is 4.79 Å². The third kappa shape index (κ3) is 3.45. The van der Waals surface area contributed by atoms with Gasteiger partial charge in [0.1, 0.15) is 6.54 Å². The summed E-state index contributed by atoms with van der Waals surface area (Å²) in [5.41, 5.74) is 2.99. The minimum absolute atomic E-state index is 0.0510. The maximum Gasteiger partial charge on any atom is 0.240 e. The summed E-state index contributed by atoms with van der Waals surface area (Å²) in [5, 5.41) is 10.4. The number of hydrogen-bond donors (Lipinski definition) is 2. The Kier molecular flexibility index (Phi) is 4.66. The smallest absolute Gasteiger partial charge is 0.240 e. The molecule has 0 spiro atoms. The van der Waals surface area contributed by atoms with E-state index in [0.29, 0.717) is 10.6 Å². The first-order valence-corrected chi connectivity index (χ1v) is 9.57. The maximum absolute atomic E-state index is 12.9. The lowest BCUT2D eigenvalue weighted by Crippen LogP contribution is -2.51. The van der Waals surface area contributed by atoms with E-state index in [4.69, 9.17) is 12.2 Å². The zero-order valence-corrected chi connectivity index (χ0v) is 16.1. The van der Waals surface area contributed by atoms with Crippen LogP contribution in [-0.4, -0.2) is 20.7 Å². The molecule has 1 aromatic heterocycles. The number of aryl methyl sites for hydroxylation is 1. The maximum atomic E-state index is 12.9. The summed E-state index contributed by atoms with van der Waals surface area (Å²) < 4.78 is 2.21. The molecule has 3 aromatic rings. The van der Waals surface area contributed by atoms with Crippen LogP contribution in [0, 0.1) is 11.7 Å². The molecule has 0 atom stereocenters. The Bertz CT molecular complexity index is 1020. The van der Waals surface area contributed by atoms with Crippen molar-refractivity contribution in [2.45, 2.75) is 38.3 Å². The predicted octanol–water partition coefficient (Wildman–Crippen LogP) is 4.11. The van der Waals surface area contributed by atoms with Crippen LogP contribution >= 0.6 is 12.2 Å². The average Bonchev–Trinajstić information content (AvgIpc) is 2.99. The molecule has 6 heteroatoms. The third-order valence-corrected chi connectivity index (χ3v) is 5.56. The van der Waals surface area contributed by atoms with Crippen molar-refractivity contribution in [3.63, 3.8) is 0 Å². The van der Waals surface area contributed by atoms with Gasteiger partial charge in [0.25, 0.3) is 0 Å². The molecule has 0 bridgehead atoms. The summed E-state index contributed by atoms with van der Waals surface area (Å²) in [6, 6.07) is 18.2. The van der Waals surface area contributed by atoms with Gasteiger partial charge in [0.05, 0.1) is 5.54 Å². The summed E-state index contributed by atoms with van der Waals surface area (Å²) in [4.78, 5) is 12.9. The van der Waals surface area contributed by atoms with Gasteiger partial charge >= 0.3 is 0 Å². The lowest BCUT2D eigenvalue weighted by atomic mass is 9.72. The molecule has 0 saturated heterocycles. The van der Waals surface area contributed by atoms with Crippen LogP contribution in [-0.2, 0) is 16.9 Å². The number of carbonyl (C=O) groups is 1. The van der Waals surface area contributed by atoms with E-state index in [2.05, 4.69) is 27.6 Å². The molecule has 27 heavy (non-hydrogen) atoms. The van der Waals surface area contributed by atoms with E-state index in [1.54, 1.807) is 4.57 Å². The molecule has 0 aliphatic heterocycles. The molecule has 0 radical (unpaired) electrons. The van der Waals surface area contributed by atoms with Crippen LogP contribution in [0.15, 0.2) is 54.6 Å². The first kappa shape index (κ1) is 17.7. The van der Waals surface area contributed by atoms with E-state index >= 15 is 0 Å². The van der Waals surface area contributed by atoms with Crippen molar-refractivity contribution in [1.82, 2.24) is 20.1 Å². The van der Waals surface area contributed by atoms with Gasteiger partial charge in [-0.3, -0.25) is 14.5 Å². The number of benzene rings is 2. The van der Waals surface area contributed by atoms with E-state index in [1.165, 1.54) is 5.56 Å². The highest BCUT2D eigenvalue weighted by atomic mass is 32.1.